The van der Waals surface area contributed by atoms with E-state index in [9.17, 15) is 4.79 Å². The van der Waals surface area contributed by atoms with E-state index in [1.807, 2.05) is 53.1 Å². The van der Waals surface area contributed by atoms with Crippen LogP contribution in [0.15, 0.2) is 77.4 Å². The molecule has 5 aromatic rings. The quantitative estimate of drug-likeness (QED) is 0.323. The summed E-state index contributed by atoms with van der Waals surface area (Å²) >= 11 is 12.7. The third kappa shape index (κ3) is 3.60. The Bertz CT molecular complexity index is 1390. The SMILES string of the molecule is O=C(c1noc(-c2ccccn2)n1)c1c(Cl)n(Cc2ccc(Cl)cc2)c2ccccc12. The molecule has 0 aliphatic heterocycles. The van der Waals surface area contributed by atoms with Crippen molar-refractivity contribution in [2.75, 3.05) is 0 Å². The first-order valence-electron chi connectivity index (χ1n) is 9.43. The molecule has 6 nitrogen and oxygen atoms in total. The van der Waals surface area contributed by atoms with Crippen molar-refractivity contribution in [1.82, 2.24) is 19.7 Å². The maximum Gasteiger partial charge on any atom is 0.276 e. The van der Waals surface area contributed by atoms with Crippen molar-refractivity contribution >= 4 is 39.9 Å². The average molecular weight is 449 g/mol. The van der Waals surface area contributed by atoms with Gasteiger partial charge in [-0.3, -0.25) is 9.78 Å². The van der Waals surface area contributed by atoms with Gasteiger partial charge in [0.1, 0.15) is 10.8 Å². The Kier molecular flexibility index (Phi) is 5.02. The number of fused-ring (bicyclic) bond motifs is 1. The van der Waals surface area contributed by atoms with Crippen LogP contribution in [0.3, 0.4) is 0 Å². The lowest BCUT2D eigenvalue weighted by molar-refractivity contribution is 0.102. The monoisotopic (exact) mass is 448 g/mol. The zero-order valence-corrected chi connectivity index (χ0v) is 17.5. The van der Waals surface area contributed by atoms with Crippen LogP contribution in [0.25, 0.3) is 22.5 Å². The molecule has 0 aliphatic carbocycles. The van der Waals surface area contributed by atoms with Crippen molar-refractivity contribution < 1.29 is 9.32 Å². The van der Waals surface area contributed by atoms with Crippen LogP contribution < -0.4 is 0 Å². The van der Waals surface area contributed by atoms with Gasteiger partial charge in [-0.15, -0.1) is 0 Å². The maximum absolute atomic E-state index is 13.3. The molecule has 0 radical (unpaired) electrons. The van der Waals surface area contributed by atoms with Crippen molar-refractivity contribution in [2.24, 2.45) is 0 Å². The molecule has 0 bridgehead atoms. The lowest BCUT2D eigenvalue weighted by atomic mass is 10.1. The van der Waals surface area contributed by atoms with Crippen molar-refractivity contribution in [2.45, 2.75) is 6.54 Å². The number of ketones is 1. The molecule has 0 unspecified atom stereocenters. The zero-order valence-electron chi connectivity index (χ0n) is 16.0. The van der Waals surface area contributed by atoms with Gasteiger partial charge in [0.15, 0.2) is 0 Å². The summed E-state index contributed by atoms with van der Waals surface area (Å²) in [7, 11) is 0. The zero-order chi connectivity index (χ0) is 21.4. The predicted octanol–water partition coefficient (Wildman–Crippen LogP) is 5.67. The van der Waals surface area contributed by atoms with E-state index in [2.05, 4.69) is 15.1 Å². The van der Waals surface area contributed by atoms with Gasteiger partial charge in [-0.1, -0.05) is 64.8 Å². The molecule has 0 N–H and O–H groups in total. The van der Waals surface area contributed by atoms with E-state index in [4.69, 9.17) is 27.7 Å². The van der Waals surface area contributed by atoms with Crippen LogP contribution in [0.5, 0.6) is 0 Å². The molecule has 3 heterocycles. The lowest BCUT2D eigenvalue weighted by Crippen LogP contribution is -2.05. The fourth-order valence-electron chi connectivity index (χ4n) is 3.44. The summed E-state index contributed by atoms with van der Waals surface area (Å²) in [6.07, 6.45) is 1.61. The molecule has 0 spiro atoms. The number of carbonyl (C=O) groups excluding carboxylic acids is 1. The highest BCUT2D eigenvalue weighted by Gasteiger charge is 2.26. The van der Waals surface area contributed by atoms with Crippen molar-refractivity contribution in [1.29, 1.82) is 0 Å². The summed E-state index contributed by atoms with van der Waals surface area (Å²) in [5, 5.41) is 5.55. The second kappa shape index (κ2) is 7.98. The highest BCUT2D eigenvalue weighted by Crippen LogP contribution is 2.32. The van der Waals surface area contributed by atoms with Crippen LogP contribution in [0.1, 0.15) is 21.7 Å². The molecule has 0 fully saturated rings. The first-order chi connectivity index (χ1) is 15.1. The van der Waals surface area contributed by atoms with Gasteiger partial charge in [-0.25, -0.2) is 0 Å². The van der Waals surface area contributed by atoms with Crippen LogP contribution in [-0.4, -0.2) is 25.5 Å². The largest absolute Gasteiger partial charge is 0.332 e. The van der Waals surface area contributed by atoms with E-state index in [0.717, 1.165) is 16.5 Å². The highest BCUT2D eigenvalue weighted by molar-refractivity contribution is 6.36. The highest BCUT2D eigenvalue weighted by atomic mass is 35.5. The minimum atomic E-state index is -0.415. The molecule has 0 saturated heterocycles. The van der Waals surface area contributed by atoms with E-state index in [-0.39, 0.29) is 11.7 Å². The fourth-order valence-corrected chi connectivity index (χ4v) is 3.90. The van der Waals surface area contributed by atoms with Crippen molar-refractivity contribution in [3.8, 4) is 11.6 Å². The number of rotatable bonds is 5. The molecule has 152 valence electrons. The number of carbonyl (C=O) groups is 1. The molecule has 3 aromatic heterocycles. The average Bonchev–Trinajstić information content (AvgIpc) is 3.40. The predicted molar refractivity (Wildman–Crippen MR) is 118 cm³/mol. The van der Waals surface area contributed by atoms with Gasteiger partial charge < -0.3 is 9.09 Å². The van der Waals surface area contributed by atoms with Crippen LogP contribution in [-0.2, 0) is 6.54 Å². The Morgan fingerprint density at radius 1 is 0.968 bits per heavy atom. The first kappa shape index (κ1) is 19.5. The fraction of sp³-hybridized carbons (Fsp3) is 0.0435. The Morgan fingerprint density at radius 3 is 2.52 bits per heavy atom. The smallest absolute Gasteiger partial charge is 0.276 e. The van der Waals surface area contributed by atoms with E-state index >= 15 is 0 Å². The third-order valence-corrected chi connectivity index (χ3v) is 5.55. The number of nitrogens with zero attached hydrogens (tertiary/aromatic N) is 4. The summed E-state index contributed by atoms with van der Waals surface area (Å²) in [5.41, 5.74) is 2.66. The molecular weight excluding hydrogens is 435 g/mol. The maximum atomic E-state index is 13.3. The van der Waals surface area contributed by atoms with Crippen LogP contribution in [0.2, 0.25) is 10.2 Å². The minimum absolute atomic E-state index is 0.0723. The topological polar surface area (TPSA) is 73.8 Å². The second-order valence-corrected chi connectivity index (χ2v) is 7.66. The molecule has 0 atom stereocenters. The third-order valence-electron chi connectivity index (χ3n) is 4.90. The number of para-hydroxylation sites is 1. The van der Waals surface area contributed by atoms with Crippen LogP contribution in [0.4, 0.5) is 0 Å². The minimum Gasteiger partial charge on any atom is -0.332 e. The Labute approximate surface area is 187 Å². The molecule has 0 saturated carbocycles. The van der Waals surface area contributed by atoms with Crippen molar-refractivity contribution in [3.05, 3.63) is 100 Å². The number of hydrogen-bond acceptors (Lipinski definition) is 5. The van der Waals surface area contributed by atoms with Gasteiger partial charge in [0.2, 0.25) is 11.6 Å². The number of pyridine rings is 1. The summed E-state index contributed by atoms with van der Waals surface area (Å²) < 4.78 is 7.13. The number of hydrogen-bond donors (Lipinski definition) is 0. The normalized spacial score (nSPS) is 11.2. The Balaban J connectivity index is 1.57. The van der Waals surface area contributed by atoms with Gasteiger partial charge >= 0.3 is 0 Å². The molecule has 2 aromatic carbocycles. The Hall–Kier alpha value is -3.48. The van der Waals surface area contributed by atoms with E-state index < -0.39 is 5.78 Å². The van der Waals surface area contributed by atoms with Crippen LogP contribution in [0, 0.1) is 0 Å². The standard InChI is InChI=1S/C23H14Cl2N4O2/c24-15-10-8-14(9-11-15)13-29-18-7-2-1-5-16(18)19(21(29)25)20(30)22-27-23(31-28-22)17-6-3-4-12-26-17/h1-12H,13H2. The number of aromatic nitrogens is 4. The number of benzene rings is 2. The van der Waals surface area contributed by atoms with E-state index in [0.29, 0.717) is 28.0 Å². The summed E-state index contributed by atoms with van der Waals surface area (Å²) in [6.45, 7) is 0.481. The van der Waals surface area contributed by atoms with Gasteiger partial charge in [-0.05, 0) is 35.9 Å². The van der Waals surface area contributed by atoms with Gasteiger partial charge in [-0.2, -0.15) is 4.98 Å². The second-order valence-electron chi connectivity index (χ2n) is 6.86. The molecular formula is C23H14Cl2N4O2. The molecule has 0 aliphatic rings. The number of halogens is 2. The molecule has 31 heavy (non-hydrogen) atoms. The molecule has 0 amide bonds. The summed E-state index contributed by atoms with van der Waals surface area (Å²) in [5.74, 6) is -0.316. The van der Waals surface area contributed by atoms with Gasteiger partial charge in [0.05, 0.1) is 11.1 Å². The molecule has 8 heteroatoms. The van der Waals surface area contributed by atoms with Gasteiger partial charge in [0.25, 0.3) is 5.89 Å². The summed E-state index contributed by atoms with van der Waals surface area (Å²) in [6, 6.07) is 20.3. The molecule has 5 rings (SSSR count). The van der Waals surface area contributed by atoms with Crippen LogP contribution >= 0.6 is 23.2 Å². The van der Waals surface area contributed by atoms with Crippen molar-refractivity contribution in [3.63, 3.8) is 0 Å². The Morgan fingerprint density at radius 2 is 1.74 bits per heavy atom. The summed E-state index contributed by atoms with van der Waals surface area (Å²) in [4.78, 5) is 21.7. The van der Waals surface area contributed by atoms with Gasteiger partial charge in [0, 0.05) is 23.2 Å². The van der Waals surface area contributed by atoms with E-state index in [1.54, 1.807) is 24.4 Å². The first-order valence-corrected chi connectivity index (χ1v) is 10.2. The van der Waals surface area contributed by atoms with E-state index in [1.165, 1.54) is 0 Å². The lowest BCUT2D eigenvalue weighted by Gasteiger charge is -2.07.